The molecule has 2 heterocycles. The lowest BCUT2D eigenvalue weighted by Gasteiger charge is -2.40. The molecule has 10 nitrogen and oxygen atoms in total. The molecule has 0 aliphatic carbocycles. The third-order valence-corrected chi connectivity index (χ3v) is 4.62. The number of nitro groups is 2. The van der Waals surface area contributed by atoms with Gasteiger partial charge in [0, 0.05) is 42.3 Å². The first kappa shape index (κ1) is 18.7. The Balaban J connectivity index is 1.72. The molecule has 2 aliphatic heterocycles. The van der Waals surface area contributed by atoms with E-state index in [1.54, 1.807) is 12.1 Å². The first-order valence-corrected chi connectivity index (χ1v) is 8.59. The Hall–Kier alpha value is -3.63. The fourth-order valence-electron chi connectivity index (χ4n) is 3.29. The van der Waals surface area contributed by atoms with Crippen LogP contribution in [-0.2, 0) is 19.0 Å². The summed E-state index contributed by atoms with van der Waals surface area (Å²) in [6.45, 7) is 0. The highest BCUT2D eigenvalue weighted by Crippen LogP contribution is 2.46. The van der Waals surface area contributed by atoms with Gasteiger partial charge in [0.25, 0.3) is 11.4 Å². The summed E-state index contributed by atoms with van der Waals surface area (Å²) >= 11 is 0. The maximum Gasteiger partial charge on any atom is 0.333 e. The molecule has 1 spiro atoms. The zero-order valence-electron chi connectivity index (χ0n) is 14.8. The normalized spacial score (nSPS) is 25.7. The average molecular weight is 398 g/mol. The van der Waals surface area contributed by atoms with Crippen LogP contribution in [0.5, 0.6) is 0 Å². The molecule has 0 bridgehead atoms. The van der Waals surface area contributed by atoms with E-state index in [0.29, 0.717) is 11.1 Å². The average Bonchev–Trinajstić information content (AvgIpc) is 3.07. The number of carbonyl (C=O) groups excluding carboxylic acids is 1. The summed E-state index contributed by atoms with van der Waals surface area (Å²) in [6, 6.07) is 11.6. The minimum Gasteiger partial charge on any atom is -0.426 e. The van der Waals surface area contributed by atoms with Gasteiger partial charge in [-0.15, -0.1) is 0 Å². The van der Waals surface area contributed by atoms with Crippen LogP contribution in [0.1, 0.15) is 29.9 Å². The van der Waals surface area contributed by atoms with Gasteiger partial charge in [-0.05, 0) is 11.6 Å². The van der Waals surface area contributed by atoms with E-state index in [-0.39, 0.29) is 17.8 Å². The number of carbonyl (C=O) groups is 1. The lowest BCUT2D eigenvalue weighted by Crippen LogP contribution is -2.41. The Morgan fingerprint density at radius 3 is 2.17 bits per heavy atom. The number of hydrogen-bond acceptors (Lipinski definition) is 8. The molecule has 0 N–H and O–H groups in total. The van der Waals surface area contributed by atoms with E-state index in [1.807, 2.05) is 0 Å². The third-order valence-electron chi connectivity index (χ3n) is 4.62. The highest BCUT2D eigenvalue weighted by Gasteiger charge is 2.47. The number of hydrogen-bond donors (Lipinski definition) is 0. The van der Waals surface area contributed by atoms with Crippen LogP contribution in [0.15, 0.2) is 60.7 Å². The largest absolute Gasteiger partial charge is 0.426 e. The van der Waals surface area contributed by atoms with Gasteiger partial charge in [0.1, 0.15) is 0 Å². The second kappa shape index (κ2) is 7.08. The van der Waals surface area contributed by atoms with Gasteiger partial charge in [0.15, 0.2) is 6.29 Å². The number of non-ortho nitro benzene ring substituents is 2. The van der Waals surface area contributed by atoms with E-state index in [2.05, 4.69) is 0 Å². The summed E-state index contributed by atoms with van der Waals surface area (Å²) in [5.74, 6) is -2.03. The lowest BCUT2D eigenvalue weighted by molar-refractivity contribution is -0.385. The van der Waals surface area contributed by atoms with Crippen molar-refractivity contribution < 1.29 is 28.9 Å². The summed E-state index contributed by atoms with van der Waals surface area (Å²) in [5.41, 5.74) is 0.580. The topological polar surface area (TPSA) is 131 Å². The smallest absolute Gasteiger partial charge is 0.333 e. The molecule has 2 aromatic rings. The van der Waals surface area contributed by atoms with E-state index >= 15 is 0 Å². The molecule has 0 amide bonds. The van der Waals surface area contributed by atoms with Gasteiger partial charge in [-0.1, -0.05) is 24.3 Å². The molecule has 0 unspecified atom stereocenters. The first-order valence-electron chi connectivity index (χ1n) is 8.59. The number of rotatable bonds is 4. The van der Waals surface area contributed by atoms with Crippen LogP contribution in [0.4, 0.5) is 11.4 Å². The van der Waals surface area contributed by atoms with Crippen LogP contribution in [0, 0.1) is 20.2 Å². The monoisotopic (exact) mass is 398 g/mol. The molecule has 0 radical (unpaired) electrons. The first-order chi connectivity index (χ1) is 13.8. The second-order valence-electron chi connectivity index (χ2n) is 6.55. The summed E-state index contributed by atoms with van der Waals surface area (Å²) in [6.07, 6.45) is 0.932. The zero-order chi connectivity index (χ0) is 20.6. The highest BCUT2D eigenvalue weighted by molar-refractivity contribution is 5.85. The maximum absolute atomic E-state index is 11.7. The summed E-state index contributed by atoms with van der Waals surface area (Å²) in [7, 11) is 0. The van der Waals surface area contributed by atoms with Crippen molar-refractivity contribution in [3.63, 3.8) is 0 Å². The highest BCUT2D eigenvalue weighted by atomic mass is 16.8. The quantitative estimate of drug-likeness (QED) is 0.434. The molecular weight excluding hydrogens is 384 g/mol. The van der Waals surface area contributed by atoms with Crippen molar-refractivity contribution in [2.45, 2.75) is 24.6 Å². The van der Waals surface area contributed by atoms with Crippen molar-refractivity contribution in [3.8, 4) is 0 Å². The Morgan fingerprint density at radius 2 is 1.59 bits per heavy atom. The van der Waals surface area contributed by atoms with Crippen LogP contribution < -0.4 is 0 Å². The van der Waals surface area contributed by atoms with Gasteiger partial charge in [-0.25, -0.2) is 4.79 Å². The zero-order valence-corrected chi connectivity index (χ0v) is 14.8. The van der Waals surface area contributed by atoms with Crippen molar-refractivity contribution >= 4 is 17.3 Å². The predicted molar refractivity (Wildman–Crippen MR) is 96.4 cm³/mol. The van der Waals surface area contributed by atoms with Crippen molar-refractivity contribution in [3.05, 3.63) is 92.0 Å². The Morgan fingerprint density at radius 1 is 0.966 bits per heavy atom. The van der Waals surface area contributed by atoms with Gasteiger partial charge in [-0.3, -0.25) is 20.2 Å². The van der Waals surface area contributed by atoms with Crippen LogP contribution in [-0.4, -0.2) is 21.6 Å². The lowest BCUT2D eigenvalue weighted by atomic mass is 9.98. The Bertz CT molecular complexity index is 969. The molecule has 1 fully saturated rings. The van der Waals surface area contributed by atoms with E-state index in [4.69, 9.17) is 14.2 Å². The maximum atomic E-state index is 11.7. The summed E-state index contributed by atoms with van der Waals surface area (Å²) in [4.78, 5) is 32.8. The van der Waals surface area contributed by atoms with Crippen LogP contribution in [0.3, 0.4) is 0 Å². The van der Waals surface area contributed by atoms with E-state index in [9.17, 15) is 25.0 Å². The minimum absolute atomic E-state index is 0.0713. The fourth-order valence-corrected chi connectivity index (χ4v) is 3.29. The number of ether oxygens (including phenoxy) is 3. The predicted octanol–water partition coefficient (Wildman–Crippen LogP) is 3.49. The van der Waals surface area contributed by atoms with Crippen LogP contribution >= 0.6 is 0 Å². The molecule has 0 saturated carbocycles. The summed E-state index contributed by atoms with van der Waals surface area (Å²) in [5, 5.41) is 22.2. The van der Waals surface area contributed by atoms with Gasteiger partial charge in [0.05, 0.1) is 16.0 Å². The van der Waals surface area contributed by atoms with Crippen LogP contribution in [0.2, 0.25) is 0 Å². The van der Waals surface area contributed by atoms with Crippen molar-refractivity contribution in [2.75, 3.05) is 0 Å². The molecule has 1 saturated heterocycles. The molecule has 4 rings (SSSR count). The standard InChI is InChI=1S/C19H14N2O8/c22-17-7-8-19(28-17)11-16(12-3-1-5-14(9-12)20(23)24)27-18(29-19)13-4-2-6-15(10-13)21(25)26/h1-10,16,18H,11H2/t16-,18+,19-/m1/s1. The van der Waals surface area contributed by atoms with Crippen molar-refractivity contribution in [2.24, 2.45) is 0 Å². The number of nitro benzene ring substituents is 2. The van der Waals surface area contributed by atoms with Crippen LogP contribution in [0.25, 0.3) is 0 Å². The van der Waals surface area contributed by atoms with Gasteiger partial charge < -0.3 is 14.2 Å². The fraction of sp³-hybridized carbons (Fsp3) is 0.211. The van der Waals surface area contributed by atoms with Crippen molar-refractivity contribution in [1.82, 2.24) is 0 Å². The van der Waals surface area contributed by atoms with Gasteiger partial charge in [-0.2, -0.15) is 0 Å². The second-order valence-corrected chi connectivity index (χ2v) is 6.55. The molecule has 29 heavy (non-hydrogen) atoms. The molecule has 3 atom stereocenters. The molecule has 10 heteroatoms. The third kappa shape index (κ3) is 3.71. The molecule has 0 aromatic heterocycles. The number of benzene rings is 2. The molecular formula is C19H14N2O8. The minimum atomic E-state index is -1.43. The van der Waals surface area contributed by atoms with E-state index < -0.39 is 34.0 Å². The SMILES string of the molecule is O=C1C=C[C@@]2(C[C@H](c3cccc([N+](=O)[O-])c3)O[C@H](c3cccc([N+](=O)[O-])c3)O2)O1. The molecule has 2 aliphatic rings. The van der Waals surface area contributed by atoms with Gasteiger partial charge in [0.2, 0.25) is 5.79 Å². The van der Waals surface area contributed by atoms with E-state index in [1.165, 1.54) is 48.6 Å². The number of nitrogens with zero attached hydrogens (tertiary/aromatic N) is 2. The number of esters is 1. The summed E-state index contributed by atoms with van der Waals surface area (Å²) < 4.78 is 17.1. The van der Waals surface area contributed by atoms with E-state index in [0.717, 1.165) is 0 Å². The van der Waals surface area contributed by atoms with Gasteiger partial charge >= 0.3 is 5.97 Å². The Kier molecular flexibility index (Phi) is 4.57. The molecule has 2 aromatic carbocycles. The molecule has 148 valence electrons. The van der Waals surface area contributed by atoms with Crippen molar-refractivity contribution in [1.29, 1.82) is 0 Å². The Labute approximate surface area is 163 Å².